The number of benzene rings is 1. The van der Waals surface area contributed by atoms with Crippen molar-refractivity contribution in [2.24, 2.45) is 5.92 Å². The number of aromatic nitrogens is 1. The molecule has 4 nitrogen and oxygen atoms in total. The van der Waals surface area contributed by atoms with Crippen molar-refractivity contribution in [3.63, 3.8) is 0 Å². The number of fused-ring (bicyclic) bond motifs is 1. The quantitative estimate of drug-likeness (QED) is 0.907. The third-order valence-electron chi connectivity index (χ3n) is 3.29. The van der Waals surface area contributed by atoms with Gasteiger partial charge in [0.15, 0.2) is 0 Å². The van der Waals surface area contributed by atoms with E-state index in [-0.39, 0.29) is 12.5 Å². The van der Waals surface area contributed by atoms with Crippen molar-refractivity contribution in [1.82, 2.24) is 9.88 Å². The van der Waals surface area contributed by atoms with E-state index in [0.717, 1.165) is 17.3 Å². The highest BCUT2D eigenvalue weighted by atomic mass is 16.1. The second kappa shape index (κ2) is 6.25. The van der Waals surface area contributed by atoms with Crippen LogP contribution < -0.4 is 5.32 Å². The molecule has 0 saturated heterocycles. The van der Waals surface area contributed by atoms with Gasteiger partial charge in [-0.2, -0.15) is 5.26 Å². The summed E-state index contributed by atoms with van der Waals surface area (Å²) in [6, 6.07) is 9.61. The van der Waals surface area contributed by atoms with Crippen LogP contribution in [-0.2, 0) is 11.3 Å². The molecule has 1 heterocycles. The van der Waals surface area contributed by atoms with Gasteiger partial charge in [0.25, 0.3) is 0 Å². The number of carbonyl (C=O) groups excluding carboxylic acids is 1. The molecule has 0 aliphatic heterocycles. The van der Waals surface area contributed by atoms with Crippen molar-refractivity contribution < 1.29 is 4.79 Å². The molecule has 2 rings (SSSR count). The largest absolute Gasteiger partial charge is 0.355 e. The highest BCUT2D eigenvalue weighted by molar-refractivity contribution is 5.87. The first-order valence-electron chi connectivity index (χ1n) is 6.86. The van der Waals surface area contributed by atoms with Crippen molar-refractivity contribution in [3.8, 4) is 6.07 Å². The van der Waals surface area contributed by atoms with E-state index in [4.69, 9.17) is 5.26 Å². The summed E-state index contributed by atoms with van der Waals surface area (Å²) in [7, 11) is 0. The minimum atomic E-state index is 0.00510. The lowest BCUT2D eigenvalue weighted by atomic mass is 10.1. The molecule has 0 radical (unpaired) electrons. The molecular weight excluding hydrogens is 250 g/mol. The summed E-state index contributed by atoms with van der Waals surface area (Å²) in [4.78, 5) is 11.9. The second-order valence-electron chi connectivity index (χ2n) is 5.33. The first-order chi connectivity index (χ1) is 9.61. The van der Waals surface area contributed by atoms with Crippen LogP contribution in [0.1, 0.15) is 25.8 Å². The van der Waals surface area contributed by atoms with Crippen LogP contribution in [0.2, 0.25) is 0 Å². The number of nitriles is 1. The topological polar surface area (TPSA) is 57.8 Å². The van der Waals surface area contributed by atoms with Gasteiger partial charge in [0.2, 0.25) is 5.91 Å². The Labute approximate surface area is 119 Å². The molecule has 0 unspecified atom stereocenters. The van der Waals surface area contributed by atoms with Crippen LogP contribution in [0.5, 0.6) is 0 Å². The van der Waals surface area contributed by atoms with Crippen molar-refractivity contribution in [3.05, 3.63) is 36.0 Å². The van der Waals surface area contributed by atoms with Crippen LogP contribution in [-0.4, -0.2) is 17.0 Å². The highest BCUT2D eigenvalue weighted by Gasteiger charge is 2.08. The zero-order valence-corrected chi connectivity index (χ0v) is 11.9. The third-order valence-corrected chi connectivity index (χ3v) is 3.29. The maximum atomic E-state index is 11.9. The normalized spacial score (nSPS) is 10.7. The Bertz CT molecular complexity index is 649. The van der Waals surface area contributed by atoms with E-state index in [0.29, 0.717) is 18.0 Å². The summed E-state index contributed by atoms with van der Waals surface area (Å²) in [5.74, 6) is 0.589. The average molecular weight is 269 g/mol. The molecular formula is C16H19N3O. The Balaban J connectivity index is 2.07. The number of nitrogens with zero attached hydrogens (tertiary/aromatic N) is 2. The minimum absolute atomic E-state index is 0.00510. The number of carbonyl (C=O) groups is 1. The van der Waals surface area contributed by atoms with Crippen LogP contribution in [0.4, 0.5) is 0 Å². The summed E-state index contributed by atoms with van der Waals surface area (Å²) in [5.41, 5.74) is 1.56. The van der Waals surface area contributed by atoms with Gasteiger partial charge in [0.05, 0.1) is 11.6 Å². The first kappa shape index (κ1) is 14.1. The van der Waals surface area contributed by atoms with Gasteiger partial charge in [0.1, 0.15) is 6.54 Å². The molecule has 1 aromatic heterocycles. The molecule has 1 aromatic carbocycles. The van der Waals surface area contributed by atoms with Crippen molar-refractivity contribution in [1.29, 1.82) is 5.26 Å². The molecule has 0 atom stereocenters. The summed E-state index contributed by atoms with van der Waals surface area (Å²) < 4.78 is 1.88. The van der Waals surface area contributed by atoms with Crippen LogP contribution in [0.25, 0.3) is 10.9 Å². The van der Waals surface area contributed by atoms with E-state index in [1.807, 2.05) is 29.0 Å². The lowest BCUT2D eigenvalue weighted by Crippen LogP contribution is -2.28. The van der Waals surface area contributed by atoms with Crippen LogP contribution in [0, 0.1) is 17.2 Å². The molecule has 0 aliphatic rings. The van der Waals surface area contributed by atoms with E-state index in [9.17, 15) is 4.79 Å². The molecule has 0 fully saturated rings. The van der Waals surface area contributed by atoms with Gasteiger partial charge in [-0.05, 0) is 30.5 Å². The Kier molecular flexibility index (Phi) is 4.41. The van der Waals surface area contributed by atoms with Crippen LogP contribution >= 0.6 is 0 Å². The fourth-order valence-corrected chi connectivity index (χ4v) is 2.17. The smallest absolute Gasteiger partial charge is 0.239 e. The number of nitrogens with one attached hydrogen (secondary N) is 1. The third kappa shape index (κ3) is 3.18. The van der Waals surface area contributed by atoms with Gasteiger partial charge in [-0.15, -0.1) is 0 Å². The number of rotatable bonds is 5. The lowest BCUT2D eigenvalue weighted by Gasteiger charge is -2.08. The molecule has 0 aliphatic carbocycles. The molecule has 104 valence electrons. The van der Waals surface area contributed by atoms with Gasteiger partial charge < -0.3 is 9.88 Å². The van der Waals surface area contributed by atoms with E-state index >= 15 is 0 Å². The molecule has 1 N–H and O–H groups in total. The average Bonchev–Trinajstić information content (AvgIpc) is 2.81. The number of hydrogen-bond acceptors (Lipinski definition) is 2. The van der Waals surface area contributed by atoms with E-state index in [1.54, 1.807) is 6.07 Å². The van der Waals surface area contributed by atoms with Crippen LogP contribution in [0.15, 0.2) is 30.5 Å². The molecule has 0 spiro atoms. The van der Waals surface area contributed by atoms with E-state index in [1.165, 1.54) is 0 Å². The van der Waals surface area contributed by atoms with Crippen molar-refractivity contribution >= 4 is 16.8 Å². The Morgan fingerprint density at radius 1 is 1.40 bits per heavy atom. The SMILES string of the molecule is CC(C)CCNC(=O)Cn1ccc2c(C#N)cccc21. The molecule has 20 heavy (non-hydrogen) atoms. The molecule has 2 aromatic rings. The monoisotopic (exact) mass is 269 g/mol. The maximum Gasteiger partial charge on any atom is 0.239 e. The van der Waals surface area contributed by atoms with Gasteiger partial charge in [0, 0.05) is 23.6 Å². The molecule has 0 bridgehead atoms. The van der Waals surface area contributed by atoms with Gasteiger partial charge in [-0.3, -0.25) is 4.79 Å². The Morgan fingerprint density at radius 3 is 2.90 bits per heavy atom. The molecule has 4 heteroatoms. The summed E-state index contributed by atoms with van der Waals surface area (Å²) in [6.07, 6.45) is 2.84. The zero-order valence-electron chi connectivity index (χ0n) is 11.9. The first-order valence-corrected chi connectivity index (χ1v) is 6.86. The Morgan fingerprint density at radius 2 is 2.20 bits per heavy atom. The molecule has 1 amide bonds. The van der Waals surface area contributed by atoms with E-state index in [2.05, 4.69) is 25.2 Å². The predicted octanol–water partition coefficient (Wildman–Crippen LogP) is 2.68. The van der Waals surface area contributed by atoms with Gasteiger partial charge in [-0.25, -0.2) is 0 Å². The maximum absolute atomic E-state index is 11.9. The van der Waals surface area contributed by atoms with Crippen molar-refractivity contribution in [2.45, 2.75) is 26.8 Å². The van der Waals surface area contributed by atoms with Crippen molar-refractivity contribution in [2.75, 3.05) is 6.54 Å². The summed E-state index contributed by atoms with van der Waals surface area (Å²) in [5, 5.41) is 12.9. The zero-order chi connectivity index (χ0) is 14.5. The fraction of sp³-hybridized carbons (Fsp3) is 0.375. The standard InChI is InChI=1S/C16H19N3O/c1-12(2)6-8-18-16(20)11-19-9-7-14-13(10-17)4-3-5-15(14)19/h3-5,7,9,12H,6,8,11H2,1-2H3,(H,18,20). The summed E-state index contributed by atoms with van der Waals surface area (Å²) in [6.45, 7) is 5.26. The highest BCUT2D eigenvalue weighted by Crippen LogP contribution is 2.19. The van der Waals surface area contributed by atoms with E-state index < -0.39 is 0 Å². The minimum Gasteiger partial charge on any atom is -0.355 e. The second-order valence-corrected chi connectivity index (χ2v) is 5.33. The fourth-order valence-electron chi connectivity index (χ4n) is 2.17. The Hall–Kier alpha value is -2.28. The summed E-state index contributed by atoms with van der Waals surface area (Å²) >= 11 is 0. The molecule has 0 saturated carbocycles. The van der Waals surface area contributed by atoms with Crippen LogP contribution in [0.3, 0.4) is 0 Å². The lowest BCUT2D eigenvalue weighted by molar-refractivity contribution is -0.121. The van der Waals surface area contributed by atoms with Gasteiger partial charge in [-0.1, -0.05) is 19.9 Å². The number of amides is 1. The number of hydrogen-bond donors (Lipinski definition) is 1. The van der Waals surface area contributed by atoms with Gasteiger partial charge >= 0.3 is 0 Å². The predicted molar refractivity (Wildman–Crippen MR) is 79.1 cm³/mol.